The lowest BCUT2D eigenvalue weighted by atomic mass is 9.87. The average molecular weight is 471 g/mol. The summed E-state index contributed by atoms with van der Waals surface area (Å²) in [5.74, 6) is -0.102. The van der Waals surface area contributed by atoms with E-state index in [4.69, 9.17) is 14.9 Å². The lowest BCUT2D eigenvalue weighted by Gasteiger charge is -2.18. The summed E-state index contributed by atoms with van der Waals surface area (Å²) in [6.45, 7) is 12.4. The SMILES string of the molecule is CCN(C)CCc1cc(C(=O)OC)c(OC([SH2+])=NC(=N)c2ccc(C(C)(C)C)cc2)cc1C. The fourth-order valence-corrected chi connectivity index (χ4v) is 3.46. The highest BCUT2D eigenvalue weighted by atomic mass is 32.1. The second-order valence-corrected chi connectivity index (χ2v) is 9.54. The molecule has 0 aliphatic rings. The van der Waals surface area contributed by atoms with Crippen LogP contribution in [-0.4, -0.2) is 49.2 Å². The van der Waals surface area contributed by atoms with Gasteiger partial charge in [0.15, 0.2) is 5.84 Å². The van der Waals surface area contributed by atoms with Crippen LogP contribution in [0.1, 0.15) is 60.3 Å². The predicted octanol–water partition coefficient (Wildman–Crippen LogP) is 4.35. The molecule has 7 heteroatoms. The van der Waals surface area contributed by atoms with E-state index in [0.717, 1.165) is 30.6 Å². The predicted molar refractivity (Wildman–Crippen MR) is 140 cm³/mol. The molecule has 0 radical (unpaired) electrons. The van der Waals surface area contributed by atoms with Crippen LogP contribution >= 0.6 is 0 Å². The van der Waals surface area contributed by atoms with Gasteiger partial charge in [0.2, 0.25) is 0 Å². The fourth-order valence-electron chi connectivity index (χ4n) is 3.24. The van der Waals surface area contributed by atoms with E-state index in [9.17, 15) is 4.79 Å². The summed E-state index contributed by atoms with van der Waals surface area (Å²) in [4.78, 5) is 18.8. The van der Waals surface area contributed by atoms with Crippen LogP contribution in [0.2, 0.25) is 0 Å². The van der Waals surface area contributed by atoms with E-state index in [0.29, 0.717) is 16.9 Å². The Morgan fingerprint density at radius 1 is 1.18 bits per heavy atom. The Morgan fingerprint density at radius 2 is 1.82 bits per heavy atom. The fraction of sp³-hybridized carbons (Fsp3) is 0.423. The molecule has 0 aliphatic carbocycles. The number of esters is 1. The van der Waals surface area contributed by atoms with Crippen LogP contribution in [0.25, 0.3) is 0 Å². The van der Waals surface area contributed by atoms with Crippen molar-refractivity contribution in [2.75, 3.05) is 27.2 Å². The first-order chi connectivity index (χ1) is 15.5. The largest absolute Gasteiger partial charge is 0.465 e. The van der Waals surface area contributed by atoms with Gasteiger partial charge in [-0.05, 0) is 61.2 Å². The minimum absolute atomic E-state index is 0.0353. The maximum absolute atomic E-state index is 12.4. The molecule has 0 fully saturated rings. The van der Waals surface area contributed by atoms with Crippen molar-refractivity contribution in [2.45, 2.75) is 46.5 Å². The molecular weight excluding hydrogens is 434 g/mol. The van der Waals surface area contributed by atoms with Crippen LogP contribution in [0.3, 0.4) is 0 Å². The summed E-state index contributed by atoms with van der Waals surface area (Å²) in [7, 11) is 3.41. The normalized spacial score (nSPS) is 12.1. The number of ether oxygens (including phenoxy) is 2. The number of aryl methyl sites for hydroxylation is 1. The molecule has 0 amide bonds. The van der Waals surface area contributed by atoms with Gasteiger partial charge in [0.05, 0.1) is 19.7 Å². The molecule has 0 heterocycles. The van der Waals surface area contributed by atoms with E-state index in [1.165, 1.54) is 12.7 Å². The van der Waals surface area contributed by atoms with Gasteiger partial charge in [-0.15, -0.1) is 4.99 Å². The van der Waals surface area contributed by atoms with Crippen molar-refractivity contribution in [3.05, 3.63) is 64.2 Å². The van der Waals surface area contributed by atoms with Crippen molar-refractivity contribution in [1.82, 2.24) is 4.90 Å². The number of benzene rings is 2. The number of carbonyl (C=O) groups is 1. The third-order valence-electron chi connectivity index (χ3n) is 5.59. The minimum Gasteiger partial charge on any atom is -0.465 e. The summed E-state index contributed by atoms with van der Waals surface area (Å²) in [5, 5.41) is 8.41. The van der Waals surface area contributed by atoms with E-state index < -0.39 is 5.97 Å². The Kier molecular flexibility index (Phi) is 9.25. The number of rotatable bonds is 7. The summed E-state index contributed by atoms with van der Waals surface area (Å²) >= 11 is 3.35. The monoisotopic (exact) mass is 470 g/mol. The molecule has 0 atom stereocenters. The Bertz CT molecular complexity index is 1020. The molecule has 0 spiro atoms. The molecule has 2 aromatic rings. The van der Waals surface area contributed by atoms with Crippen molar-refractivity contribution < 1.29 is 14.3 Å². The quantitative estimate of drug-likeness (QED) is 0.283. The summed E-state index contributed by atoms with van der Waals surface area (Å²) in [6.07, 6.45) is 0.810. The molecule has 0 bridgehead atoms. The third-order valence-corrected chi connectivity index (χ3v) is 5.80. The molecule has 0 saturated carbocycles. The Labute approximate surface area is 202 Å². The minimum atomic E-state index is -0.484. The number of nitrogens with zero attached hydrogens (tertiary/aromatic N) is 2. The number of likely N-dealkylation sites (N-methyl/N-ethyl adjacent to an activating group) is 1. The van der Waals surface area contributed by atoms with Gasteiger partial charge in [-0.3, -0.25) is 5.41 Å². The van der Waals surface area contributed by atoms with E-state index in [2.05, 4.69) is 57.3 Å². The smallest absolute Gasteiger partial charge is 0.414 e. The number of amidine groups is 1. The number of methoxy groups -OCH3 is 1. The van der Waals surface area contributed by atoms with Crippen LogP contribution in [-0.2, 0) is 29.2 Å². The number of aliphatic imine (C=N–C) groups is 1. The van der Waals surface area contributed by atoms with E-state index in [1.54, 1.807) is 0 Å². The van der Waals surface area contributed by atoms with Gasteiger partial charge in [0.1, 0.15) is 11.3 Å². The van der Waals surface area contributed by atoms with Crippen LogP contribution in [0, 0.1) is 12.3 Å². The van der Waals surface area contributed by atoms with Crippen molar-refractivity contribution in [3.8, 4) is 5.75 Å². The number of carbonyl (C=O) groups excluding carboxylic acids is 1. The van der Waals surface area contributed by atoms with Crippen molar-refractivity contribution in [3.63, 3.8) is 0 Å². The second kappa shape index (κ2) is 11.5. The molecule has 0 saturated heterocycles. The van der Waals surface area contributed by atoms with E-state index in [1.807, 2.05) is 43.3 Å². The zero-order chi connectivity index (χ0) is 24.8. The zero-order valence-corrected chi connectivity index (χ0v) is 21.7. The van der Waals surface area contributed by atoms with Gasteiger partial charge in [-0.25, -0.2) is 4.79 Å². The first-order valence-electron chi connectivity index (χ1n) is 11.0. The molecule has 0 aliphatic heterocycles. The summed E-state index contributed by atoms with van der Waals surface area (Å²) < 4.78 is 10.8. The number of hydrogen-bond donors (Lipinski definition) is 1. The topological polar surface area (TPSA) is 75.0 Å². The van der Waals surface area contributed by atoms with Crippen molar-refractivity contribution in [2.24, 2.45) is 4.99 Å². The lowest BCUT2D eigenvalue weighted by molar-refractivity contribution is 0.0598. The Balaban J connectivity index is 2.26. The third kappa shape index (κ3) is 7.44. The molecule has 1 N–H and O–H groups in total. The van der Waals surface area contributed by atoms with Crippen LogP contribution < -0.4 is 4.74 Å². The Hall–Kier alpha value is -2.64. The molecule has 2 aromatic carbocycles. The van der Waals surface area contributed by atoms with Crippen molar-refractivity contribution >= 4 is 29.7 Å². The first kappa shape index (κ1) is 26.6. The van der Waals surface area contributed by atoms with Gasteiger partial charge >= 0.3 is 11.2 Å². The number of hydrogen-bond acceptors (Lipinski definition) is 5. The zero-order valence-electron chi connectivity index (χ0n) is 20.7. The standard InChI is InChI=1S/C26H35N3O3S/c1-8-29(6)14-13-19-16-21(24(30)31-7)22(15-17(19)2)32-25(33)28-23(27)18-9-11-20(12-10-18)26(3,4)5/h9-12,15-16H,8,13-14H2,1-7H3,(H2,27,28,33)/p+1. The van der Waals surface area contributed by atoms with E-state index >= 15 is 0 Å². The first-order valence-corrected chi connectivity index (χ1v) is 11.5. The average Bonchev–Trinajstić information content (AvgIpc) is 2.77. The number of nitrogens with one attached hydrogen (secondary N) is 1. The maximum atomic E-state index is 12.4. The molecule has 0 aromatic heterocycles. The van der Waals surface area contributed by atoms with E-state index in [-0.39, 0.29) is 16.5 Å². The summed E-state index contributed by atoms with van der Waals surface area (Å²) in [6, 6.07) is 11.4. The second-order valence-electron chi connectivity index (χ2n) is 9.11. The highest BCUT2D eigenvalue weighted by molar-refractivity contribution is 7.77. The van der Waals surface area contributed by atoms with Crippen LogP contribution in [0.4, 0.5) is 0 Å². The van der Waals surface area contributed by atoms with Gasteiger partial charge in [0.25, 0.3) is 0 Å². The molecule has 6 nitrogen and oxygen atoms in total. The van der Waals surface area contributed by atoms with Crippen molar-refractivity contribution in [1.29, 1.82) is 5.41 Å². The van der Waals surface area contributed by atoms with Gasteiger partial charge in [-0.2, -0.15) is 0 Å². The maximum Gasteiger partial charge on any atom is 0.414 e. The molecular formula is C26H36N3O3S+. The lowest BCUT2D eigenvalue weighted by Crippen LogP contribution is -2.21. The van der Waals surface area contributed by atoms with Crippen LogP contribution in [0.15, 0.2) is 41.4 Å². The highest BCUT2D eigenvalue weighted by Gasteiger charge is 2.20. The Morgan fingerprint density at radius 3 is 2.36 bits per heavy atom. The molecule has 178 valence electrons. The van der Waals surface area contributed by atoms with Gasteiger partial charge < -0.3 is 14.4 Å². The highest BCUT2D eigenvalue weighted by Crippen LogP contribution is 2.26. The summed E-state index contributed by atoms with van der Waals surface area (Å²) in [5.41, 5.74) is 4.28. The van der Waals surface area contributed by atoms with Gasteiger partial charge in [-0.1, -0.05) is 52.0 Å². The van der Waals surface area contributed by atoms with Crippen LogP contribution in [0.5, 0.6) is 5.75 Å². The molecule has 2 rings (SSSR count). The molecule has 0 unspecified atom stereocenters. The molecule has 33 heavy (non-hydrogen) atoms. The van der Waals surface area contributed by atoms with Gasteiger partial charge in [0, 0.05) is 12.1 Å².